The Morgan fingerprint density at radius 2 is 2.11 bits per heavy atom. The van der Waals surface area contributed by atoms with Crippen LogP contribution in [0.5, 0.6) is 5.75 Å². The lowest BCUT2D eigenvalue weighted by Crippen LogP contribution is -2.25. The van der Waals surface area contributed by atoms with Crippen molar-refractivity contribution in [2.24, 2.45) is 23.7 Å². The summed E-state index contributed by atoms with van der Waals surface area (Å²) in [6.07, 6.45) is 13.9. The summed E-state index contributed by atoms with van der Waals surface area (Å²) in [5.74, 6) is 4.12. The number of rotatable bonds is 10. The highest BCUT2D eigenvalue weighted by molar-refractivity contribution is 8.00. The Balaban J connectivity index is 1.71. The fourth-order valence-corrected chi connectivity index (χ4v) is 6.28. The van der Waals surface area contributed by atoms with Gasteiger partial charge < -0.3 is 9.26 Å². The highest BCUT2D eigenvalue weighted by Gasteiger charge is 2.42. The number of ether oxygens (including phenoxy) is 1. The Hall–Kier alpha value is -0.420. The molecule has 0 aliphatic heterocycles. The molecular weight excluding hydrogens is 382 g/mol. The number of fused-ring (bicyclic) bond motifs is 2. The molecule has 2 aliphatic rings. The number of hydrogen-bond donors (Lipinski definition) is 0. The van der Waals surface area contributed by atoms with Gasteiger partial charge in [-0.15, -0.1) is 0 Å². The van der Waals surface area contributed by atoms with Crippen molar-refractivity contribution in [2.45, 2.75) is 71.8 Å². The van der Waals surface area contributed by atoms with Crippen molar-refractivity contribution >= 4 is 17.4 Å². The van der Waals surface area contributed by atoms with E-state index in [4.69, 9.17) is 9.26 Å². The molecule has 3 rings (SSSR count). The Labute approximate surface area is 176 Å². The summed E-state index contributed by atoms with van der Waals surface area (Å²) in [6.45, 7) is 7.55. The number of unbranched alkanes of at least 4 members (excludes halogenated alkanes) is 2. The van der Waals surface area contributed by atoms with E-state index in [1.165, 1.54) is 49.7 Å². The van der Waals surface area contributed by atoms with E-state index in [0.29, 0.717) is 14.4 Å². The summed E-state index contributed by atoms with van der Waals surface area (Å²) in [6, 6.07) is 6.65. The molecule has 0 spiro atoms. The molecular formula is C24H38O2P2. The third-order valence-corrected chi connectivity index (χ3v) is 7.59. The number of hydrogen-bond acceptors (Lipinski definition) is 2. The molecule has 1 fully saturated rings. The largest absolute Gasteiger partial charge is 0.494 e. The fourth-order valence-electron chi connectivity index (χ4n) is 5.39. The first-order chi connectivity index (χ1) is 13.7. The van der Waals surface area contributed by atoms with Gasteiger partial charge in [-0.05, 0) is 73.5 Å². The van der Waals surface area contributed by atoms with Crippen molar-refractivity contribution in [3.8, 4) is 5.75 Å². The number of benzene rings is 1. The van der Waals surface area contributed by atoms with Gasteiger partial charge in [0.15, 0.2) is 0 Å². The Morgan fingerprint density at radius 3 is 2.86 bits per heavy atom. The average Bonchev–Trinajstić information content (AvgIpc) is 2.99. The highest BCUT2D eigenvalue weighted by atomic mass is 32.0. The maximum absolute atomic E-state index is 6.01. The van der Waals surface area contributed by atoms with Crippen LogP contribution in [0.4, 0.5) is 0 Å². The van der Waals surface area contributed by atoms with Crippen molar-refractivity contribution in [3.05, 3.63) is 41.5 Å². The van der Waals surface area contributed by atoms with Crippen LogP contribution in [-0.4, -0.2) is 12.7 Å². The van der Waals surface area contributed by atoms with Gasteiger partial charge >= 0.3 is 0 Å². The van der Waals surface area contributed by atoms with Gasteiger partial charge in [-0.1, -0.05) is 66.3 Å². The first-order valence-corrected chi connectivity index (χ1v) is 13.9. The SMILES string of the molecule is CCCCC[C@@H](/C=C/[C@@H]1[C@H]2Cc3cccc(OCC)c3C[C@H]2C[C@H]1C)OPP. The van der Waals surface area contributed by atoms with Gasteiger partial charge in [0.25, 0.3) is 0 Å². The summed E-state index contributed by atoms with van der Waals surface area (Å²) < 4.78 is 11.9. The van der Waals surface area contributed by atoms with Crippen LogP contribution < -0.4 is 4.74 Å². The lowest BCUT2D eigenvalue weighted by atomic mass is 9.74. The lowest BCUT2D eigenvalue weighted by molar-refractivity contribution is 0.267. The Morgan fingerprint density at radius 1 is 1.25 bits per heavy atom. The predicted molar refractivity (Wildman–Crippen MR) is 125 cm³/mol. The van der Waals surface area contributed by atoms with Gasteiger partial charge in [0.05, 0.1) is 12.7 Å². The zero-order valence-electron chi connectivity index (χ0n) is 17.8. The second-order valence-electron chi connectivity index (χ2n) is 8.60. The minimum atomic E-state index is 0.286. The van der Waals surface area contributed by atoms with E-state index in [9.17, 15) is 0 Å². The third kappa shape index (κ3) is 5.38. The van der Waals surface area contributed by atoms with Crippen LogP contribution in [0.1, 0.15) is 64.0 Å². The third-order valence-electron chi connectivity index (χ3n) is 6.74. The smallest absolute Gasteiger partial charge is 0.122 e. The van der Waals surface area contributed by atoms with Gasteiger partial charge in [0, 0.05) is 8.50 Å². The van der Waals surface area contributed by atoms with E-state index in [2.05, 4.69) is 60.1 Å². The van der Waals surface area contributed by atoms with Crippen molar-refractivity contribution in [2.75, 3.05) is 6.61 Å². The maximum atomic E-state index is 6.01. The van der Waals surface area contributed by atoms with Crippen LogP contribution in [0.3, 0.4) is 0 Å². The maximum Gasteiger partial charge on any atom is 0.122 e. The molecule has 2 unspecified atom stereocenters. The first-order valence-electron chi connectivity index (χ1n) is 11.2. The summed E-state index contributed by atoms with van der Waals surface area (Å²) >= 11 is 0. The van der Waals surface area contributed by atoms with Gasteiger partial charge in [-0.2, -0.15) is 0 Å². The zero-order valence-corrected chi connectivity index (χ0v) is 20.0. The molecule has 7 atom stereocenters. The summed E-state index contributed by atoms with van der Waals surface area (Å²) in [5, 5.41) is 0. The second kappa shape index (κ2) is 11.1. The van der Waals surface area contributed by atoms with Crippen LogP contribution in [0, 0.1) is 23.7 Å². The van der Waals surface area contributed by atoms with Crippen LogP contribution in [0.15, 0.2) is 30.4 Å². The van der Waals surface area contributed by atoms with Crippen LogP contribution in [0.25, 0.3) is 0 Å². The molecule has 0 amide bonds. The van der Waals surface area contributed by atoms with Crippen LogP contribution in [0.2, 0.25) is 0 Å². The summed E-state index contributed by atoms with van der Waals surface area (Å²) in [7, 11) is 3.23. The van der Waals surface area contributed by atoms with E-state index in [1.807, 2.05) is 0 Å². The van der Waals surface area contributed by atoms with Gasteiger partial charge in [-0.25, -0.2) is 0 Å². The lowest BCUT2D eigenvalue weighted by Gasteiger charge is -2.31. The highest BCUT2D eigenvalue weighted by Crippen LogP contribution is 2.50. The number of allylic oxidation sites excluding steroid dienone is 1. The zero-order chi connectivity index (χ0) is 19.9. The van der Waals surface area contributed by atoms with Crippen molar-refractivity contribution in [1.82, 2.24) is 0 Å². The first kappa shape index (κ1) is 22.3. The fraction of sp³-hybridized carbons (Fsp3) is 0.667. The summed E-state index contributed by atoms with van der Waals surface area (Å²) in [4.78, 5) is 0. The van der Waals surface area contributed by atoms with Crippen LogP contribution in [-0.2, 0) is 17.4 Å². The minimum absolute atomic E-state index is 0.286. The molecule has 0 aromatic heterocycles. The molecule has 2 aliphatic carbocycles. The molecule has 1 aromatic carbocycles. The molecule has 1 aromatic rings. The molecule has 1 saturated carbocycles. The Kier molecular flexibility index (Phi) is 8.83. The standard InChI is InChI=1S/C24H38O2P2/c1-4-6-7-10-20(26-28-27)12-13-21-17(3)14-19-16-23-18(15-22(19)21)9-8-11-24(23)25-5-2/h8-9,11-13,17,19-22,28H,4-7,10,14-16,27H2,1-3H3/b13-12+/t17-,19-,20+,21+,22+/m1/s1. The molecule has 2 nitrogen and oxygen atoms in total. The van der Waals surface area contributed by atoms with E-state index >= 15 is 0 Å². The van der Waals surface area contributed by atoms with Gasteiger partial charge in [0.2, 0.25) is 0 Å². The van der Waals surface area contributed by atoms with E-state index in [-0.39, 0.29) is 6.10 Å². The summed E-state index contributed by atoms with van der Waals surface area (Å²) in [5.41, 5.74) is 2.99. The topological polar surface area (TPSA) is 18.5 Å². The minimum Gasteiger partial charge on any atom is -0.494 e. The van der Waals surface area contributed by atoms with Crippen molar-refractivity contribution < 1.29 is 9.26 Å². The molecule has 28 heavy (non-hydrogen) atoms. The van der Waals surface area contributed by atoms with Gasteiger partial charge in [-0.3, -0.25) is 0 Å². The molecule has 0 radical (unpaired) electrons. The predicted octanol–water partition coefficient (Wildman–Crippen LogP) is 6.98. The van der Waals surface area contributed by atoms with E-state index < -0.39 is 0 Å². The Bertz CT molecular complexity index is 645. The quantitative estimate of drug-likeness (QED) is 0.231. The second-order valence-corrected chi connectivity index (χ2v) is 9.78. The average molecular weight is 421 g/mol. The van der Waals surface area contributed by atoms with Crippen molar-refractivity contribution in [3.63, 3.8) is 0 Å². The molecule has 4 heteroatoms. The van der Waals surface area contributed by atoms with Crippen molar-refractivity contribution in [1.29, 1.82) is 0 Å². The molecule has 0 bridgehead atoms. The molecule has 0 heterocycles. The molecule has 0 saturated heterocycles. The normalized spacial score (nSPS) is 28.0. The van der Waals surface area contributed by atoms with Crippen LogP contribution >= 0.6 is 17.4 Å². The monoisotopic (exact) mass is 420 g/mol. The molecule has 0 N–H and O–H groups in total. The molecule has 156 valence electrons. The van der Waals surface area contributed by atoms with E-state index in [1.54, 1.807) is 0 Å². The van der Waals surface area contributed by atoms with Gasteiger partial charge in [0.1, 0.15) is 5.75 Å². The van der Waals surface area contributed by atoms with E-state index in [0.717, 1.165) is 36.5 Å².